The van der Waals surface area contributed by atoms with Crippen LogP contribution in [0.4, 0.5) is 0 Å². The standard InChI is InChI=1S/C25H28ClN3O3/c1-2-31-20-14-22(18-6-4-3-5-7-18)32-25(15-20)10-12-28(13-11-25)24(30)21-17-29-16-19(26)8-9-23(29)27-21/h3-9,16-17,20,22H,2,10-15H2,1H3/t20-,22-/m1/s1. The average molecular weight is 454 g/mol. The molecule has 0 bridgehead atoms. The quantitative estimate of drug-likeness (QED) is 0.562. The number of rotatable bonds is 4. The fraction of sp³-hybridized carbons (Fsp3) is 0.440. The van der Waals surface area contributed by atoms with Crippen LogP contribution < -0.4 is 0 Å². The summed E-state index contributed by atoms with van der Waals surface area (Å²) in [6, 6.07) is 14.0. The summed E-state index contributed by atoms with van der Waals surface area (Å²) in [7, 11) is 0. The molecule has 3 aromatic rings. The predicted molar refractivity (Wildman–Crippen MR) is 123 cm³/mol. The number of piperidine rings is 1. The fourth-order valence-corrected chi connectivity index (χ4v) is 5.21. The third-order valence-corrected chi connectivity index (χ3v) is 6.86. The number of nitrogens with zero attached hydrogens (tertiary/aromatic N) is 3. The molecule has 0 unspecified atom stereocenters. The molecule has 32 heavy (non-hydrogen) atoms. The molecule has 0 radical (unpaired) electrons. The van der Waals surface area contributed by atoms with Gasteiger partial charge >= 0.3 is 0 Å². The highest BCUT2D eigenvalue weighted by Gasteiger charge is 2.45. The first kappa shape index (κ1) is 21.4. The Bertz CT molecular complexity index is 1090. The zero-order valence-electron chi connectivity index (χ0n) is 18.2. The first-order chi connectivity index (χ1) is 15.5. The van der Waals surface area contributed by atoms with E-state index in [1.807, 2.05) is 24.0 Å². The van der Waals surface area contributed by atoms with Crippen molar-refractivity contribution in [1.29, 1.82) is 0 Å². The number of aromatic nitrogens is 2. The Morgan fingerprint density at radius 1 is 1.19 bits per heavy atom. The van der Waals surface area contributed by atoms with Crippen molar-refractivity contribution in [1.82, 2.24) is 14.3 Å². The van der Waals surface area contributed by atoms with Crippen LogP contribution in [-0.4, -0.2) is 51.6 Å². The van der Waals surface area contributed by atoms with E-state index >= 15 is 0 Å². The van der Waals surface area contributed by atoms with Crippen LogP contribution in [0.25, 0.3) is 5.65 Å². The summed E-state index contributed by atoms with van der Waals surface area (Å²) in [6.45, 7) is 4.04. The van der Waals surface area contributed by atoms with Crippen LogP contribution in [0.1, 0.15) is 54.8 Å². The second-order valence-electron chi connectivity index (χ2n) is 8.75. The normalized spacial score (nSPS) is 23.0. The SMILES string of the molecule is CCO[C@@H]1C[C@H](c2ccccc2)OC2(CCN(C(=O)c3cn4cc(Cl)ccc4n3)CC2)C1. The van der Waals surface area contributed by atoms with Gasteiger partial charge in [0.25, 0.3) is 5.91 Å². The molecule has 2 saturated heterocycles. The van der Waals surface area contributed by atoms with E-state index in [1.54, 1.807) is 22.9 Å². The molecule has 2 aromatic heterocycles. The highest BCUT2D eigenvalue weighted by Crippen LogP contribution is 2.44. The molecule has 6 nitrogen and oxygen atoms in total. The summed E-state index contributed by atoms with van der Waals surface area (Å²) in [6.07, 6.45) is 7.04. The first-order valence-electron chi connectivity index (χ1n) is 11.3. The Balaban J connectivity index is 1.30. The molecule has 2 aliphatic heterocycles. The van der Waals surface area contributed by atoms with Crippen molar-refractivity contribution in [3.05, 3.63) is 71.1 Å². The van der Waals surface area contributed by atoms with Crippen molar-refractivity contribution < 1.29 is 14.3 Å². The number of halogens is 1. The highest BCUT2D eigenvalue weighted by molar-refractivity contribution is 6.30. The van der Waals surface area contributed by atoms with Gasteiger partial charge in [0.1, 0.15) is 11.3 Å². The summed E-state index contributed by atoms with van der Waals surface area (Å²) < 4.78 is 14.6. The van der Waals surface area contributed by atoms with Gasteiger partial charge in [-0.3, -0.25) is 4.79 Å². The lowest BCUT2D eigenvalue weighted by atomic mass is 9.80. The second-order valence-corrected chi connectivity index (χ2v) is 9.18. The van der Waals surface area contributed by atoms with Gasteiger partial charge in [0.2, 0.25) is 0 Å². The third-order valence-electron chi connectivity index (χ3n) is 6.64. The van der Waals surface area contributed by atoms with Crippen LogP contribution in [0.2, 0.25) is 5.02 Å². The van der Waals surface area contributed by atoms with Gasteiger partial charge in [0.15, 0.2) is 0 Å². The predicted octanol–water partition coefficient (Wildman–Crippen LogP) is 4.92. The topological polar surface area (TPSA) is 56.1 Å². The molecule has 2 atom stereocenters. The maximum Gasteiger partial charge on any atom is 0.274 e. The van der Waals surface area contributed by atoms with Gasteiger partial charge < -0.3 is 18.8 Å². The minimum atomic E-state index is -0.262. The number of fused-ring (bicyclic) bond motifs is 1. The molecule has 1 spiro atoms. The molecule has 0 N–H and O–H groups in total. The Kier molecular flexibility index (Phi) is 5.93. The Morgan fingerprint density at radius 3 is 2.72 bits per heavy atom. The molecular formula is C25H28ClN3O3. The van der Waals surface area contributed by atoms with E-state index in [0.29, 0.717) is 36.1 Å². The van der Waals surface area contributed by atoms with Crippen molar-refractivity contribution in [3.8, 4) is 0 Å². The van der Waals surface area contributed by atoms with Crippen molar-refractivity contribution in [2.75, 3.05) is 19.7 Å². The largest absolute Gasteiger partial charge is 0.378 e. The maximum absolute atomic E-state index is 13.1. The van der Waals surface area contributed by atoms with Crippen molar-refractivity contribution in [2.24, 2.45) is 0 Å². The van der Waals surface area contributed by atoms with E-state index in [2.05, 4.69) is 29.2 Å². The summed E-state index contributed by atoms with van der Waals surface area (Å²) in [5.74, 6) is -0.0450. The first-order valence-corrected chi connectivity index (χ1v) is 11.7. The number of pyridine rings is 1. The van der Waals surface area contributed by atoms with Crippen LogP contribution in [0, 0.1) is 0 Å². The number of hydrogen-bond acceptors (Lipinski definition) is 4. The molecule has 0 saturated carbocycles. The van der Waals surface area contributed by atoms with Gasteiger partial charge in [-0.05, 0) is 37.5 Å². The monoisotopic (exact) mass is 453 g/mol. The summed E-state index contributed by atoms with van der Waals surface area (Å²) in [5.41, 5.74) is 2.09. The number of benzene rings is 1. The molecule has 4 heterocycles. The number of carbonyl (C=O) groups excluding carboxylic acids is 1. The maximum atomic E-state index is 13.1. The van der Waals surface area contributed by atoms with Crippen molar-refractivity contribution in [2.45, 2.75) is 50.4 Å². The van der Waals surface area contributed by atoms with Gasteiger partial charge in [-0.2, -0.15) is 0 Å². The summed E-state index contributed by atoms with van der Waals surface area (Å²) >= 11 is 6.06. The molecule has 1 aromatic carbocycles. The number of carbonyl (C=O) groups is 1. The molecule has 7 heteroatoms. The van der Waals surface area contributed by atoms with Crippen LogP contribution in [-0.2, 0) is 9.47 Å². The number of amides is 1. The van der Waals surface area contributed by atoms with Gasteiger partial charge in [-0.1, -0.05) is 41.9 Å². The van der Waals surface area contributed by atoms with Crippen LogP contribution >= 0.6 is 11.6 Å². The summed E-state index contributed by atoms with van der Waals surface area (Å²) in [4.78, 5) is 19.5. The van der Waals surface area contributed by atoms with E-state index < -0.39 is 0 Å². The number of imidazole rings is 1. The molecule has 2 aliphatic rings. The number of likely N-dealkylation sites (tertiary alicyclic amines) is 1. The van der Waals surface area contributed by atoms with E-state index in [1.165, 1.54) is 5.56 Å². The molecule has 2 fully saturated rings. The van der Waals surface area contributed by atoms with Crippen molar-refractivity contribution >= 4 is 23.2 Å². The Hall–Kier alpha value is -2.41. The van der Waals surface area contributed by atoms with E-state index in [-0.39, 0.29) is 23.7 Å². The van der Waals surface area contributed by atoms with Crippen LogP contribution in [0.15, 0.2) is 54.9 Å². The van der Waals surface area contributed by atoms with E-state index in [0.717, 1.165) is 25.7 Å². The third kappa shape index (κ3) is 4.27. The van der Waals surface area contributed by atoms with Crippen LogP contribution in [0.3, 0.4) is 0 Å². The van der Waals surface area contributed by atoms with Gasteiger partial charge in [0.05, 0.1) is 22.8 Å². The van der Waals surface area contributed by atoms with E-state index in [9.17, 15) is 4.79 Å². The average Bonchev–Trinajstić information content (AvgIpc) is 3.23. The minimum Gasteiger partial charge on any atom is -0.378 e. The molecule has 0 aliphatic carbocycles. The highest BCUT2D eigenvalue weighted by atomic mass is 35.5. The number of ether oxygens (including phenoxy) is 2. The minimum absolute atomic E-state index is 0.0203. The fourth-order valence-electron chi connectivity index (χ4n) is 5.04. The van der Waals surface area contributed by atoms with Gasteiger partial charge in [-0.15, -0.1) is 0 Å². The van der Waals surface area contributed by atoms with Crippen LogP contribution in [0.5, 0.6) is 0 Å². The second kappa shape index (κ2) is 8.85. The summed E-state index contributed by atoms with van der Waals surface area (Å²) in [5, 5.41) is 0.611. The zero-order chi connectivity index (χ0) is 22.1. The van der Waals surface area contributed by atoms with E-state index in [4.69, 9.17) is 21.1 Å². The Morgan fingerprint density at radius 2 is 1.97 bits per heavy atom. The smallest absolute Gasteiger partial charge is 0.274 e. The molecule has 168 valence electrons. The Labute approximate surface area is 193 Å². The lowest BCUT2D eigenvalue weighted by Gasteiger charge is -2.48. The van der Waals surface area contributed by atoms with Crippen molar-refractivity contribution in [3.63, 3.8) is 0 Å². The van der Waals surface area contributed by atoms with Gasteiger partial charge in [-0.25, -0.2) is 4.98 Å². The zero-order valence-corrected chi connectivity index (χ0v) is 19.0. The lowest BCUT2D eigenvalue weighted by molar-refractivity contribution is -0.190. The van der Waals surface area contributed by atoms with Gasteiger partial charge in [0, 0.05) is 44.9 Å². The number of hydrogen-bond donors (Lipinski definition) is 0. The lowest BCUT2D eigenvalue weighted by Crippen LogP contribution is -2.52. The molecule has 5 rings (SSSR count). The molecular weight excluding hydrogens is 426 g/mol. The molecule has 1 amide bonds.